The van der Waals surface area contributed by atoms with E-state index in [0.29, 0.717) is 5.69 Å². The van der Waals surface area contributed by atoms with E-state index in [4.69, 9.17) is 4.74 Å². The lowest BCUT2D eigenvalue weighted by atomic mass is 10.0. The number of aliphatic hydroxyl groups is 1. The maximum Gasteiger partial charge on any atom is 0.259 e. The predicted octanol–water partition coefficient (Wildman–Crippen LogP) is 1.18. The molecule has 2 fully saturated rings. The first-order chi connectivity index (χ1) is 14.6. The highest BCUT2D eigenvalue weighted by molar-refractivity contribution is 6.02. The number of amides is 3. The number of aliphatic hydroxyl groups excluding tert-OH is 1. The second-order valence-electron chi connectivity index (χ2n) is 8.09. The third-order valence-corrected chi connectivity index (χ3v) is 5.30. The number of halogens is 2. The molecular formula is C21H27F2N3O5. The van der Waals surface area contributed by atoms with Gasteiger partial charge in [0.2, 0.25) is 0 Å². The Bertz CT molecular complexity index is 838. The van der Waals surface area contributed by atoms with Crippen molar-refractivity contribution in [2.45, 2.75) is 50.9 Å². The summed E-state index contributed by atoms with van der Waals surface area (Å²) in [5.41, 5.74) is 0.680. The number of rotatable bonds is 5. The highest BCUT2D eigenvalue weighted by Crippen LogP contribution is 2.29. The Morgan fingerprint density at radius 1 is 1.23 bits per heavy atom. The van der Waals surface area contributed by atoms with Gasteiger partial charge in [-0.15, -0.1) is 0 Å². The molecule has 2 aliphatic rings. The van der Waals surface area contributed by atoms with Gasteiger partial charge in [-0.3, -0.25) is 14.4 Å². The second kappa shape index (κ2) is 9.27. The van der Waals surface area contributed by atoms with E-state index in [1.54, 1.807) is 32.0 Å². The van der Waals surface area contributed by atoms with E-state index in [-0.39, 0.29) is 56.6 Å². The Morgan fingerprint density at radius 3 is 2.55 bits per heavy atom. The van der Waals surface area contributed by atoms with E-state index in [9.17, 15) is 28.3 Å². The maximum atomic E-state index is 13.4. The van der Waals surface area contributed by atoms with Crippen molar-refractivity contribution in [3.8, 4) is 0 Å². The Labute approximate surface area is 179 Å². The fraction of sp³-hybridized carbons (Fsp3) is 0.571. The lowest BCUT2D eigenvalue weighted by Gasteiger charge is -2.35. The van der Waals surface area contributed by atoms with Gasteiger partial charge in [0.25, 0.3) is 23.6 Å². The van der Waals surface area contributed by atoms with Crippen LogP contribution in [0, 0.1) is 0 Å². The Morgan fingerprint density at radius 2 is 1.90 bits per heavy atom. The topological polar surface area (TPSA) is 99.2 Å². The first-order valence-electron chi connectivity index (χ1n) is 10.3. The molecule has 8 nitrogen and oxygen atoms in total. The minimum atomic E-state index is -2.75. The zero-order valence-electron chi connectivity index (χ0n) is 17.5. The van der Waals surface area contributed by atoms with E-state index in [1.807, 2.05) is 0 Å². The summed E-state index contributed by atoms with van der Waals surface area (Å²) in [4.78, 5) is 40.5. The van der Waals surface area contributed by atoms with Crippen molar-refractivity contribution in [1.82, 2.24) is 10.2 Å². The van der Waals surface area contributed by atoms with Gasteiger partial charge in [0.05, 0.1) is 6.61 Å². The molecule has 0 spiro atoms. The number of likely N-dealkylation sites (tertiary alicyclic amines) is 1. The van der Waals surface area contributed by atoms with Gasteiger partial charge in [0.1, 0.15) is 0 Å². The molecule has 1 aromatic rings. The number of benzene rings is 1. The molecule has 0 aliphatic carbocycles. The summed E-state index contributed by atoms with van der Waals surface area (Å²) in [5.74, 6) is -4.44. The van der Waals surface area contributed by atoms with Gasteiger partial charge in [0.15, 0.2) is 12.2 Å². The molecule has 170 valence electrons. The standard InChI is InChI=1S/C21H27F2N3O5/c1-13(2)24-18(28)16(27)17-20(30)26(10-11-31-17)15-5-3-4-14(12-15)19(29)25-8-6-21(22,23)7-9-25/h3-5,12-13,16-17,27H,6-11H2,1-2H3,(H,24,28)/t16-,17-/m1/s1. The number of alkyl halides is 2. The number of nitrogens with zero attached hydrogens (tertiary/aromatic N) is 2. The molecule has 1 aromatic carbocycles. The van der Waals surface area contributed by atoms with Gasteiger partial charge in [-0.2, -0.15) is 0 Å². The fourth-order valence-electron chi connectivity index (χ4n) is 3.62. The predicted molar refractivity (Wildman–Crippen MR) is 108 cm³/mol. The zero-order valence-corrected chi connectivity index (χ0v) is 17.5. The molecule has 0 saturated carbocycles. The number of morpholine rings is 1. The number of carbonyl (C=O) groups excluding carboxylic acids is 3. The maximum absolute atomic E-state index is 13.4. The van der Waals surface area contributed by atoms with Crippen molar-refractivity contribution in [1.29, 1.82) is 0 Å². The summed E-state index contributed by atoms with van der Waals surface area (Å²) in [6, 6.07) is 6.08. The summed E-state index contributed by atoms with van der Waals surface area (Å²) >= 11 is 0. The normalized spacial score (nSPS) is 22.4. The van der Waals surface area contributed by atoms with Crippen molar-refractivity contribution >= 4 is 23.4 Å². The molecule has 2 N–H and O–H groups in total. The molecule has 31 heavy (non-hydrogen) atoms. The van der Waals surface area contributed by atoms with Gasteiger partial charge in [0, 0.05) is 49.8 Å². The largest absolute Gasteiger partial charge is 0.380 e. The summed E-state index contributed by atoms with van der Waals surface area (Å²) < 4.78 is 32.1. The number of anilines is 1. The molecular weight excluding hydrogens is 412 g/mol. The second-order valence-corrected chi connectivity index (χ2v) is 8.09. The Balaban J connectivity index is 1.73. The van der Waals surface area contributed by atoms with Gasteiger partial charge < -0.3 is 25.0 Å². The van der Waals surface area contributed by atoms with Crippen LogP contribution in [-0.4, -0.2) is 78.1 Å². The van der Waals surface area contributed by atoms with E-state index >= 15 is 0 Å². The minimum Gasteiger partial charge on any atom is -0.380 e. The van der Waals surface area contributed by atoms with Crippen LogP contribution < -0.4 is 10.2 Å². The van der Waals surface area contributed by atoms with E-state index in [2.05, 4.69) is 5.32 Å². The third kappa shape index (κ3) is 5.37. The van der Waals surface area contributed by atoms with Crippen LogP contribution in [0.25, 0.3) is 0 Å². The molecule has 2 aliphatic heterocycles. The average molecular weight is 439 g/mol. The summed E-state index contributed by atoms with van der Waals surface area (Å²) in [5, 5.41) is 12.8. The smallest absolute Gasteiger partial charge is 0.259 e. The van der Waals surface area contributed by atoms with E-state index in [0.717, 1.165) is 0 Å². The molecule has 0 bridgehead atoms. The molecule has 10 heteroatoms. The van der Waals surface area contributed by atoms with Crippen LogP contribution >= 0.6 is 0 Å². The van der Waals surface area contributed by atoms with Gasteiger partial charge in [-0.05, 0) is 32.0 Å². The molecule has 3 amide bonds. The van der Waals surface area contributed by atoms with Crippen LogP contribution in [0.1, 0.15) is 37.0 Å². The fourth-order valence-corrected chi connectivity index (χ4v) is 3.62. The quantitative estimate of drug-likeness (QED) is 0.718. The van der Waals surface area contributed by atoms with Crippen LogP contribution in [0.4, 0.5) is 14.5 Å². The minimum absolute atomic E-state index is 0.0359. The van der Waals surface area contributed by atoms with Gasteiger partial charge in [-0.1, -0.05) is 6.07 Å². The molecule has 2 heterocycles. The number of hydrogen-bond acceptors (Lipinski definition) is 5. The molecule has 0 unspecified atom stereocenters. The Kier molecular flexibility index (Phi) is 6.90. The van der Waals surface area contributed by atoms with Crippen LogP contribution in [-0.2, 0) is 14.3 Å². The first kappa shape index (κ1) is 23.1. The molecule has 0 aromatic heterocycles. The number of hydrogen-bond donors (Lipinski definition) is 2. The van der Waals surface area contributed by atoms with Crippen molar-refractivity contribution in [3.63, 3.8) is 0 Å². The van der Waals surface area contributed by atoms with E-state index < -0.39 is 29.9 Å². The van der Waals surface area contributed by atoms with Crippen LogP contribution in [0.5, 0.6) is 0 Å². The molecule has 2 saturated heterocycles. The number of nitrogens with one attached hydrogen (secondary N) is 1. The summed E-state index contributed by atoms with van der Waals surface area (Å²) in [6.45, 7) is 3.67. The lowest BCUT2D eigenvalue weighted by Crippen LogP contribution is -2.57. The van der Waals surface area contributed by atoms with E-state index in [1.165, 1.54) is 15.9 Å². The van der Waals surface area contributed by atoms with Crippen molar-refractivity contribution in [3.05, 3.63) is 29.8 Å². The lowest BCUT2D eigenvalue weighted by molar-refractivity contribution is -0.153. The van der Waals surface area contributed by atoms with Crippen LogP contribution in [0.2, 0.25) is 0 Å². The summed E-state index contributed by atoms with van der Waals surface area (Å²) in [6.07, 6.45) is -3.79. The molecule has 3 rings (SSSR count). The SMILES string of the molecule is CC(C)NC(=O)[C@H](O)[C@H]1OCCN(c2cccc(C(=O)N3CCC(F)(F)CC3)c2)C1=O. The van der Waals surface area contributed by atoms with Crippen molar-refractivity contribution in [2.75, 3.05) is 31.1 Å². The Hall–Kier alpha value is -2.59. The van der Waals surface area contributed by atoms with Crippen molar-refractivity contribution in [2.24, 2.45) is 0 Å². The van der Waals surface area contributed by atoms with Crippen molar-refractivity contribution < 1.29 is 33.0 Å². The highest BCUT2D eigenvalue weighted by atomic mass is 19.3. The van der Waals surface area contributed by atoms with Crippen LogP contribution in [0.3, 0.4) is 0 Å². The zero-order chi connectivity index (χ0) is 22.8. The number of piperidine rings is 1. The monoisotopic (exact) mass is 439 g/mol. The average Bonchev–Trinajstić information content (AvgIpc) is 2.72. The first-order valence-corrected chi connectivity index (χ1v) is 10.3. The van der Waals surface area contributed by atoms with Crippen LogP contribution in [0.15, 0.2) is 24.3 Å². The highest BCUT2D eigenvalue weighted by Gasteiger charge is 2.40. The van der Waals surface area contributed by atoms with Gasteiger partial charge >= 0.3 is 0 Å². The number of carbonyl (C=O) groups is 3. The number of ether oxygens (including phenoxy) is 1. The molecule has 0 radical (unpaired) electrons. The third-order valence-electron chi connectivity index (χ3n) is 5.30. The van der Waals surface area contributed by atoms with Gasteiger partial charge in [-0.25, -0.2) is 8.78 Å². The molecule has 2 atom stereocenters. The summed E-state index contributed by atoms with van der Waals surface area (Å²) in [7, 11) is 0.